The summed E-state index contributed by atoms with van der Waals surface area (Å²) in [4.78, 5) is 0. The van der Waals surface area contributed by atoms with Gasteiger partial charge in [-0.2, -0.15) is 13.2 Å². The van der Waals surface area contributed by atoms with Crippen molar-refractivity contribution >= 4 is 17.4 Å². The average Bonchev–Trinajstić information content (AvgIpc) is 2.64. The van der Waals surface area contributed by atoms with E-state index in [4.69, 9.17) is 17.0 Å². The van der Waals surface area contributed by atoms with Gasteiger partial charge >= 0.3 is 6.18 Å². The van der Waals surface area contributed by atoms with Crippen molar-refractivity contribution in [3.05, 3.63) is 35.4 Å². The van der Waals surface area contributed by atoms with Crippen LogP contribution < -0.4 is 5.32 Å². The van der Waals surface area contributed by atoms with Crippen LogP contribution in [0.5, 0.6) is 0 Å². The van der Waals surface area contributed by atoms with Gasteiger partial charge in [-0.1, -0.05) is 12.1 Å². The molecule has 6 heteroatoms. The van der Waals surface area contributed by atoms with Gasteiger partial charge in [-0.3, -0.25) is 0 Å². The van der Waals surface area contributed by atoms with Gasteiger partial charge in [0.15, 0.2) is 0 Å². The number of nitrogens with one attached hydrogen (secondary N) is 1. The number of thiocarbonyl (C=S) groups is 1. The fourth-order valence-electron chi connectivity index (χ4n) is 1.50. The smallest absolute Gasteiger partial charge is 0.416 e. The molecule has 1 aliphatic rings. The summed E-state index contributed by atoms with van der Waals surface area (Å²) in [6.45, 7) is 0.264. The molecule has 1 aromatic rings. The second kappa shape index (κ2) is 3.93. The Hall–Kier alpha value is -1.30. The predicted octanol–water partition coefficient (Wildman–Crippen LogP) is 2.65. The molecule has 1 aliphatic heterocycles. The van der Waals surface area contributed by atoms with Crippen LogP contribution in [0.25, 0.3) is 0 Å². The zero-order valence-corrected chi connectivity index (χ0v) is 8.86. The highest BCUT2D eigenvalue weighted by Gasteiger charge is 2.31. The summed E-state index contributed by atoms with van der Waals surface area (Å²) in [7, 11) is 0. The minimum absolute atomic E-state index is 0.224. The Kier molecular flexibility index (Phi) is 2.75. The predicted molar refractivity (Wildman–Crippen MR) is 55.9 cm³/mol. The Morgan fingerprint density at radius 3 is 2.69 bits per heavy atom. The van der Waals surface area contributed by atoms with Crippen molar-refractivity contribution in [2.75, 3.05) is 6.61 Å². The zero-order chi connectivity index (χ0) is 11.8. The molecule has 2 nitrogen and oxygen atoms in total. The third kappa shape index (κ3) is 2.27. The van der Waals surface area contributed by atoms with Crippen LogP contribution in [0.15, 0.2) is 24.3 Å². The molecular weight excluding hydrogens is 239 g/mol. The van der Waals surface area contributed by atoms with E-state index in [9.17, 15) is 13.2 Å². The Bertz CT molecular complexity index is 419. The molecule has 0 bridgehead atoms. The van der Waals surface area contributed by atoms with Crippen molar-refractivity contribution < 1.29 is 17.9 Å². The van der Waals surface area contributed by atoms with E-state index >= 15 is 0 Å². The molecule has 16 heavy (non-hydrogen) atoms. The molecule has 1 aromatic carbocycles. The van der Waals surface area contributed by atoms with Gasteiger partial charge in [0.05, 0.1) is 11.6 Å². The fourth-order valence-corrected chi connectivity index (χ4v) is 1.71. The fraction of sp³-hybridized carbons (Fsp3) is 0.300. The molecule has 0 amide bonds. The number of hydrogen-bond donors (Lipinski definition) is 1. The molecule has 2 rings (SSSR count). The number of benzene rings is 1. The summed E-state index contributed by atoms with van der Waals surface area (Å²) in [5.74, 6) is 0. The molecule has 86 valence electrons. The van der Waals surface area contributed by atoms with E-state index in [2.05, 4.69) is 5.32 Å². The lowest BCUT2D eigenvalue weighted by Gasteiger charge is -2.11. The molecule has 1 saturated heterocycles. The minimum Gasteiger partial charge on any atom is -0.468 e. The van der Waals surface area contributed by atoms with E-state index in [1.807, 2.05) is 0 Å². The molecule has 1 atom stereocenters. The molecule has 0 spiro atoms. The molecule has 0 aromatic heterocycles. The van der Waals surface area contributed by atoms with Crippen LogP contribution in [-0.4, -0.2) is 11.8 Å². The topological polar surface area (TPSA) is 21.3 Å². The van der Waals surface area contributed by atoms with E-state index < -0.39 is 11.7 Å². The minimum atomic E-state index is -4.32. The lowest BCUT2D eigenvalue weighted by atomic mass is 10.0. The van der Waals surface area contributed by atoms with Gasteiger partial charge in [0.25, 0.3) is 5.17 Å². The number of ether oxygens (including phenoxy) is 1. The van der Waals surface area contributed by atoms with Crippen LogP contribution in [0, 0.1) is 0 Å². The van der Waals surface area contributed by atoms with Gasteiger partial charge < -0.3 is 10.1 Å². The second-order valence-electron chi connectivity index (χ2n) is 3.42. The highest BCUT2D eigenvalue weighted by atomic mass is 32.1. The SMILES string of the molecule is FC(F)(F)c1cccc([C@H]2COC(=S)N2)c1. The number of rotatable bonds is 1. The number of hydrogen-bond acceptors (Lipinski definition) is 2. The molecule has 0 saturated carbocycles. The van der Waals surface area contributed by atoms with E-state index in [1.165, 1.54) is 6.07 Å². The Morgan fingerprint density at radius 1 is 1.38 bits per heavy atom. The highest BCUT2D eigenvalue weighted by Crippen LogP contribution is 2.31. The summed E-state index contributed by atoms with van der Waals surface area (Å²) in [6, 6.07) is 4.84. The first-order valence-corrected chi connectivity index (χ1v) is 4.98. The van der Waals surface area contributed by atoms with Gasteiger partial charge in [0.1, 0.15) is 6.61 Å². The second-order valence-corrected chi connectivity index (χ2v) is 3.79. The molecule has 0 aliphatic carbocycles. The van der Waals surface area contributed by atoms with Crippen LogP contribution in [0.3, 0.4) is 0 Å². The normalized spacial score (nSPS) is 20.4. The summed E-state index contributed by atoms with van der Waals surface area (Å²) in [6.07, 6.45) is -4.32. The maximum atomic E-state index is 12.5. The monoisotopic (exact) mass is 247 g/mol. The van der Waals surface area contributed by atoms with Gasteiger partial charge in [-0.15, -0.1) is 0 Å². The summed E-state index contributed by atoms with van der Waals surface area (Å²) < 4.78 is 42.3. The first-order valence-electron chi connectivity index (χ1n) is 4.57. The Morgan fingerprint density at radius 2 is 2.12 bits per heavy atom. The summed E-state index contributed by atoms with van der Waals surface area (Å²) >= 11 is 4.75. The third-order valence-corrected chi connectivity index (χ3v) is 2.53. The van der Waals surface area contributed by atoms with Crippen molar-refractivity contribution in [2.24, 2.45) is 0 Å². The molecular formula is C10H8F3NOS. The van der Waals surface area contributed by atoms with Crippen LogP contribution in [0.1, 0.15) is 17.2 Å². The van der Waals surface area contributed by atoms with E-state index in [-0.39, 0.29) is 17.8 Å². The quantitative estimate of drug-likeness (QED) is 0.771. The van der Waals surface area contributed by atoms with Crippen molar-refractivity contribution in [3.8, 4) is 0 Å². The lowest BCUT2D eigenvalue weighted by Crippen LogP contribution is -2.18. The standard InChI is InChI=1S/C10H8F3NOS/c11-10(12,13)7-3-1-2-6(4-7)8-5-15-9(16)14-8/h1-4,8H,5H2,(H,14,16)/t8-/m1/s1. The molecule has 1 fully saturated rings. The van der Waals surface area contributed by atoms with Crippen LogP contribution in [0.2, 0.25) is 0 Å². The maximum absolute atomic E-state index is 12.5. The molecule has 1 heterocycles. The Balaban J connectivity index is 2.26. The van der Waals surface area contributed by atoms with Gasteiger partial charge in [0.2, 0.25) is 0 Å². The molecule has 0 unspecified atom stereocenters. The summed E-state index contributed by atoms with van der Waals surface area (Å²) in [5.41, 5.74) is -0.140. The van der Waals surface area contributed by atoms with E-state index in [1.54, 1.807) is 6.07 Å². The number of halogens is 3. The van der Waals surface area contributed by atoms with E-state index in [0.29, 0.717) is 5.56 Å². The van der Waals surface area contributed by atoms with Gasteiger partial charge in [-0.05, 0) is 29.9 Å². The van der Waals surface area contributed by atoms with Crippen LogP contribution in [0.4, 0.5) is 13.2 Å². The van der Waals surface area contributed by atoms with Crippen molar-refractivity contribution in [3.63, 3.8) is 0 Å². The van der Waals surface area contributed by atoms with Crippen LogP contribution in [-0.2, 0) is 10.9 Å². The van der Waals surface area contributed by atoms with E-state index in [0.717, 1.165) is 12.1 Å². The third-order valence-electron chi connectivity index (χ3n) is 2.29. The zero-order valence-electron chi connectivity index (χ0n) is 8.04. The first kappa shape index (κ1) is 11.2. The highest BCUT2D eigenvalue weighted by molar-refractivity contribution is 7.80. The maximum Gasteiger partial charge on any atom is 0.416 e. The number of alkyl halides is 3. The van der Waals surface area contributed by atoms with Crippen LogP contribution >= 0.6 is 12.2 Å². The lowest BCUT2D eigenvalue weighted by molar-refractivity contribution is -0.137. The summed E-state index contributed by atoms with van der Waals surface area (Å²) in [5, 5.41) is 3.02. The largest absolute Gasteiger partial charge is 0.468 e. The van der Waals surface area contributed by atoms with Crippen molar-refractivity contribution in [2.45, 2.75) is 12.2 Å². The van der Waals surface area contributed by atoms with Gasteiger partial charge in [-0.25, -0.2) is 0 Å². The molecule has 1 N–H and O–H groups in total. The average molecular weight is 247 g/mol. The first-order chi connectivity index (χ1) is 7.47. The van der Waals surface area contributed by atoms with Crippen molar-refractivity contribution in [1.29, 1.82) is 0 Å². The van der Waals surface area contributed by atoms with Crippen molar-refractivity contribution in [1.82, 2.24) is 5.32 Å². The Labute approximate surface area is 95.4 Å². The van der Waals surface area contributed by atoms with Gasteiger partial charge in [0, 0.05) is 0 Å². The molecule has 0 radical (unpaired) electrons.